The highest BCUT2D eigenvalue weighted by atomic mass is 32.2. The second kappa shape index (κ2) is 14.5. The molecule has 11 heteroatoms. The molecule has 44 heavy (non-hydrogen) atoms. The summed E-state index contributed by atoms with van der Waals surface area (Å²) >= 11 is 0. The number of hydrogen-bond donors (Lipinski definition) is 1. The van der Waals surface area contributed by atoms with Crippen molar-refractivity contribution in [3.8, 4) is 17.2 Å². The topological polar surface area (TPSA) is 114 Å². The molecule has 238 valence electrons. The van der Waals surface area contributed by atoms with Gasteiger partial charge < -0.3 is 24.4 Å². The van der Waals surface area contributed by atoms with Gasteiger partial charge in [-0.1, -0.05) is 24.3 Å². The molecule has 0 saturated carbocycles. The maximum Gasteiger partial charge on any atom is 0.264 e. The molecule has 3 rings (SSSR count). The van der Waals surface area contributed by atoms with Crippen LogP contribution in [0, 0.1) is 6.92 Å². The van der Waals surface area contributed by atoms with Gasteiger partial charge in [0.2, 0.25) is 11.8 Å². The number of nitrogens with one attached hydrogen (secondary N) is 1. The van der Waals surface area contributed by atoms with E-state index in [1.807, 2.05) is 58.9 Å². The Kier molecular flexibility index (Phi) is 11.3. The second-order valence-electron chi connectivity index (χ2n) is 11.3. The molecule has 0 heterocycles. The van der Waals surface area contributed by atoms with Crippen LogP contribution in [-0.4, -0.2) is 64.1 Å². The van der Waals surface area contributed by atoms with Crippen LogP contribution >= 0.6 is 0 Å². The molecule has 0 unspecified atom stereocenters. The van der Waals surface area contributed by atoms with Gasteiger partial charge in [-0.05, 0) is 89.1 Å². The van der Waals surface area contributed by atoms with E-state index in [4.69, 9.17) is 14.2 Å². The number of carbonyl (C=O) groups is 2. The van der Waals surface area contributed by atoms with Gasteiger partial charge in [0.25, 0.3) is 10.0 Å². The van der Waals surface area contributed by atoms with Gasteiger partial charge >= 0.3 is 0 Å². The third-order valence-electron chi connectivity index (χ3n) is 6.93. The summed E-state index contributed by atoms with van der Waals surface area (Å²) in [5, 5.41) is 2.93. The number of methoxy groups -OCH3 is 2. The largest absolute Gasteiger partial charge is 0.494 e. The summed E-state index contributed by atoms with van der Waals surface area (Å²) in [6, 6.07) is 17.4. The number of amides is 2. The first-order valence-corrected chi connectivity index (χ1v) is 15.8. The first-order chi connectivity index (χ1) is 20.7. The first kappa shape index (κ1) is 34.2. The molecule has 0 spiro atoms. The predicted molar refractivity (Wildman–Crippen MR) is 171 cm³/mol. The molecule has 0 aliphatic rings. The normalized spacial score (nSPS) is 12.2. The number of carbonyl (C=O) groups excluding carboxylic acids is 2. The third-order valence-corrected chi connectivity index (χ3v) is 8.69. The molecule has 3 aromatic carbocycles. The lowest BCUT2D eigenvalue weighted by atomic mass is 10.1. The minimum absolute atomic E-state index is 0.0965. The number of ether oxygens (including phenoxy) is 3. The zero-order chi connectivity index (χ0) is 32.7. The minimum Gasteiger partial charge on any atom is -0.494 e. The summed E-state index contributed by atoms with van der Waals surface area (Å²) in [4.78, 5) is 28.8. The maximum absolute atomic E-state index is 14.2. The van der Waals surface area contributed by atoms with E-state index in [-0.39, 0.29) is 28.8 Å². The molecule has 10 nitrogen and oxygen atoms in total. The summed E-state index contributed by atoms with van der Waals surface area (Å²) in [5.74, 6) is 0.232. The minimum atomic E-state index is -4.31. The zero-order valence-corrected chi connectivity index (χ0v) is 27.5. The number of rotatable bonds is 13. The van der Waals surface area contributed by atoms with Crippen molar-refractivity contribution in [2.24, 2.45) is 0 Å². The van der Waals surface area contributed by atoms with Gasteiger partial charge in [-0.25, -0.2) is 8.42 Å². The van der Waals surface area contributed by atoms with E-state index in [0.717, 1.165) is 15.4 Å². The van der Waals surface area contributed by atoms with E-state index in [0.29, 0.717) is 18.1 Å². The fourth-order valence-corrected chi connectivity index (χ4v) is 5.97. The van der Waals surface area contributed by atoms with Gasteiger partial charge in [0.1, 0.15) is 18.3 Å². The Morgan fingerprint density at radius 2 is 1.57 bits per heavy atom. The van der Waals surface area contributed by atoms with Crippen molar-refractivity contribution in [2.45, 2.75) is 64.6 Å². The third kappa shape index (κ3) is 8.43. The Balaban J connectivity index is 2.10. The van der Waals surface area contributed by atoms with Crippen LogP contribution in [0.15, 0.2) is 71.6 Å². The Morgan fingerprint density at radius 1 is 0.932 bits per heavy atom. The van der Waals surface area contributed by atoms with Gasteiger partial charge in [-0.15, -0.1) is 0 Å². The Bertz CT molecular complexity index is 1550. The van der Waals surface area contributed by atoms with Crippen molar-refractivity contribution in [3.63, 3.8) is 0 Å². The molecule has 0 fully saturated rings. The number of nitrogens with zero attached hydrogens (tertiary/aromatic N) is 2. The summed E-state index contributed by atoms with van der Waals surface area (Å²) in [5.41, 5.74) is 1.49. The van der Waals surface area contributed by atoms with E-state index >= 15 is 0 Å². The van der Waals surface area contributed by atoms with Crippen LogP contribution in [0.2, 0.25) is 0 Å². The average Bonchev–Trinajstić information content (AvgIpc) is 2.98. The number of hydrogen-bond acceptors (Lipinski definition) is 7. The van der Waals surface area contributed by atoms with Crippen molar-refractivity contribution < 1.29 is 32.2 Å². The Labute approximate surface area is 261 Å². The van der Waals surface area contributed by atoms with Crippen molar-refractivity contribution in [1.29, 1.82) is 0 Å². The number of aryl methyl sites for hydroxylation is 1. The zero-order valence-electron chi connectivity index (χ0n) is 26.7. The van der Waals surface area contributed by atoms with Gasteiger partial charge in [-0.2, -0.15) is 0 Å². The van der Waals surface area contributed by atoms with Gasteiger partial charge in [0.05, 0.1) is 31.4 Å². The number of anilines is 1. The van der Waals surface area contributed by atoms with Crippen LogP contribution in [0.4, 0.5) is 5.69 Å². The average molecular weight is 626 g/mol. The van der Waals surface area contributed by atoms with Crippen LogP contribution < -0.4 is 23.8 Å². The van der Waals surface area contributed by atoms with E-state index in [1.54, 1.807) is 31.2 Å². The first-order valence-electron chi connectivity index (χ1n) is 14.4. The van der Waals surface area contributed by atoms with E-state index in [9.17, 15) is 18.0 Å². The van der Waals surface area contributed by atoms with Crippen LogP contribution in [-0.2, 0) is 26.2 Å². The van der Waals surface area contributed by atoms with E-state index in [1.165, 1.54) is 37.3 Å². The van der Waals surface area contributed by atoms with Crippen molar-refractivity contribution in [1.82, 2.24) is 10.2 Å². The number of sulfonamides is 1. The molecule has 0 saturated heterocycles. The highest BCUT2D eigenvalue weighted by Crippen LogP contribution is 2.33. The monoisotopic (exact) mass is 625 g/mol. The van der Waals surface area contributed by atoms with Crippen LogP contribution in [0.1, 0.15) is 45.7 Å². The van der Waals surface area contributed by atoms with Gasteiger partial charge in [0, 0.05) is 18.2 Å². The maximum atomic E-state index is 14.2. The molecule has 3 aromatic rings. The van der Waals surface area contributed by atoms with E-state index in [2.05, 4.69) is 5.32 Å². The van der Waals surface area contributed by atoms with Crippen LogP contribution in [0.3, 0.4) is 0 Å². The standard InChI is InChI=1S/C33H43N3O7S/c1-9-43-27-16-14-26(15-17-27)36(44(39,40)28-18-19-29(41-7)30(20-28)42-8)22-31(37)35(21-25-13-11-10-12-23(25)2)24(3)32(38)34-33(4,5)6/h10-20,24H,9,21-22H2,1-8H3,(H,34,38)/t24-/m1/s1. The fourth-order valence-electron chi connectivity index (χ4n) is 4.54. The molecule has 0 bridgehead atoms. The highest BCUT2D eigenvalue weighted by Gasteiger charge is 2.34. The van der Waals surface area contributed by atoms with Crippen molar-refractivity contribution >= 4 is 27.5 Å². The lowest BCUT2D eigenvalue weighted by molar-refractivity contribution is -0.140. The lowest BCUT2D eigenvalue weighted by Crippen LogP contribution is -2.54. The molecule has 0 aliphatic carbocycles. The van der Waals surface area contributed by atoms with Crippen LogP contribution in [0.25, 0.3) is 0 Å². The van der Waals surface area contributed by atoms with Gasteiger partial charge in [-0.3, -0.25) is 13.9 Å². The van der Waals surface area contributed by atoms with Crippen LogP contribution in [0.5, 0.6) is 17.2 Å². The molecular weight excluding hydrogens is 582 g/mol. The Morgan fingerprint density at radius 3 is 2.14 bits per heavy atom. The summed E-state index contributed by atoms with van der Waals surface area (Å²) in [6.45, 7) is 11.0. The second-order valence-corrected chi connectivity index (χ2v) is 13.2. The lowest BCUT2D eigenvalue weighted by Gasteiger charge is -2.33. The molecule has 1 N–H and O–H groups in total. The molecular formula is C33H43N3O7S. The molecule has 0 radical (unpaired) electrons. The summed E-state index contributed by atoms with van der Waals surface area (Å²) < 4.78 is 45.7. The predicted octanol–water partition coefficient (Wildman–Crippen LogP) is 4.94. The summed E-state index contributed by atoms with van der Waals surface area (Å²) in [7, 11) is -1.44. The highest BCUT2D eigenvalue weighted by molar-refractivity contribution is 7.92. The van der Waals surface area contributed by atoms with Gasteiger partial charge in [0.15, 0.2) is 11.5 Å². The molecule has 2 amide bonds. The fraction of sp³-hybridized carbons (Fsp3) is 0.394. The van der Waals surface area contributed by atoms with Crippen molar-refractivity contribution in [3.05, 3.63) is 77.9 Å². The summed E-state index contributed by atoms with van der Waals surface area (Å²) in [6.07, 6.45) is 0. The smallest absolute Gasteiger partial charge is 0.264 e. The number of benzene rings is 3. The molecule has 1 atom stereocenters. The molecule has 0 aliphatic heterocycles. The van der Waals surface area contributed by atoms with Crippen molar-refractivity contribution in [2.75, 3.05) is 31.7 Å². The SMILES string of the molecule is CCOc1ccc(N(CC(=O)N(Cc2ccccc2C)[C@H](C)C(=O)NC(C)(C)C)S(=O)(=O)c2ccc(OC)c(OC)c2)cc1. The quantitative estimate of drug-likeness (QED) is 0.286. The van der Waals surface area contributed by atoms with E-state index < -0.39 is 34.1 Å². The Hall–Kier alpha value is -4.25. The molecule has 0 aromatic heterocycles.